The standard InChI is InChI=1S/C16H19FN2/c17-14-9-13(10-18)5-6-15(14)19-11-16(12-19)7-3-1-2-4-8-16/h5-6,9H,1-4,7-8,11-12H2. The van der Waals surface area contributed by atoms with Gasteiger partial charge in [0.1, 0.15) is 5.82 Å². The lowest BCUT2D eigenvalue weighted by Crippen LogP contribution is -2.56. The predicted molar refractivity (Wildman–Crippen MR) is 73.5 cm³/mol. The summed E-state index contributed by atoms with van der Waals surface area (Å²) in [6.45, 7) is 1.96. The topological polar surface area (TPSA) is 27.0 Å². The molecule has 100 valence electrons. The highest BCUT2D eigenvalue weighted by atomic mass is 19.1. The summed E-state index contributed by atoms with van der Waals surface area (Å²) in [5, 5.41) is 8.76. The number of halogens is 1. The van der Waals surface area contributed by atoms with Crippen molar-refractivity contribution in [3.8, 4) is 6.07 Å². The molecule has 2 nitrogen and oxygen atoms in total. The molecule has 0 aromatic heterocycles. The zero-order chi connectivity index (χ0) is 13.3. The van der Waals surface area contributed by atoms with Crippen LogP contribution in [0.3, 0.4) is 0 Å². The van der Waals surface area contributed by atoms with Crippen LogP contribution in [0.4, 0.5) is 10.1 Å². The van der Waals surface area contributed by atoms with Crippen molar-refractivity contribution < 1.29 is 4.39 Å². The maximum Gasteiger partial charge on any atom is 0.147 e. The van der Waals surface area contributed by atoms with E-state index in [2.05, 4.69) is 4.90 Å². The van der Waals surface area contributed by atoms with Gasteiger partial charge in [-0.2, -0.15) is 5.26 Å². The average molecular weight is 258 g/mol. The van der Waals surface area contributed by atoms with Gasteiger partial charge in [0.25, 0.3) is 0 Å². The van der Waals surface area contributed by atoms with Gasteiger partial charge in [-0.3, -0.25) is 0 Å². The van der Waals surface area contributed by atoms with E-state index >= 15 is 0 Å². The molecule has 0 bridgehead atoms. The van der Waals surface area contributed by atoms with Gasteiger partial charge in [-0.1, -0.05) is 25.7 Å². The van der Waals surface area contributed by atoms with Crippen LogP contribution < -0.4 is 4.90 Å². The predicted octanol–water partition coefficient (Wildman–Crippen LogP) is 3.86. The van der Waals surface area contributed by atoms with E-state index < -0.39 is 0 Å². The molecule has 0 radical (unpaired) electrons. The van der Waals surface area contributed by atoms with Gasteiger partial charge in [0, 0.05) is 18.5 Å². The van der Waals surface area contributed by atoms with E-state index in [0.717, 1.165) is 13.1 Å². The quantitative estimate of drug-likeness (QED) is 0.765. The Bertz CT molecular complexity index is 502. The molecule has 1 aromatic carbocycles. The Morgan fingerprint density at radius 1 is 1.11 bits per heavy atom. The Kier molecular flexibility index (Phi) is 3.18. The number of nitriles is 1. The van der Waals surface area contributed by atoms with Crippen LogP contribution in [-0.2, 0) is 0 Å². The third-order valence-corrected chi connectivity index (χ3v) is 4.63. The monoisotopic (exact) mass is 258 g/mol. The van der Waals surface area contributed by atoms with Crippen molar-refractivity contribution in [2.45, 2.75) is 38.5 Å². The molecule has 3 heteroatoms. The van der Waals surface area contributed by atoms with Crippen LogP contribution in [0.15, 0.2) is 18.2 Å². The molecular weight excluding hydrogens is 239 g/mol. The van der Waals surface area contributed by atoms with Crippen LogP contribution in [0.1, 0.15) is 44.1 Å². The van der Waals surface area contributed by atoms with Crippen molar-refractivity contribution in [3.63, 3.8) is 0 Å². The Morgan fingerprint density at radius 3 is 2.37 bits per heavy atom. The Balaban J connectivity index is 1.71. The number of rotatable bonds is 1. The minimum atomic E-state index is -0.262. The smallest absolute Gasteiger partial charge is 0.147 e. The van der Waals surface area contributed by atoms with Crippen LogP contribution >= 0.6 is 0 Å². The van der Waals surface area contributed by atoms with E-state index in [1.807, 2.05) is 6.07 Å². The highest BCUT2D eigenvalue weighted by Crippen LogP contribution is 2.45. The fourth-order valence-corrected chi connectivity index (χ4v) is 3.56. The molecule has 1 saturated carbocycles. The van der Waals surface area contributed by atoms with E-state index in [4.69, 9.17) is 5.26 Å². The van der Waals surface area contributed by atoms with Crippen LogP contribution in [0.25, 0.3) is 0 Å². The van der Waals surface area contributed by atoms with Crippen molar-refractivity contribution in [3.05, 3.63) is 29.6 Å². The largest absolute Gasteiger partial charge is 0.368 e. The van der Waals surface area contributed by atoms with Gasteiger partial charge in [0.2, 0.25) is 0 Å². The lowest BCUT2D eigenvalue weighted by atomic mass is 9.73. The highest BCUT2D eigenvalue weighted by molar-refractivity contribution is 5.53. The summed E-state index contributed by atoms with van der Waals surface area (Å²) in [6, 6.07) is 6.77. The first kappa shape index (κ1) is 12.5. The molecule has 2 aliphatic rings. The average Bonchev–Trinajstić information content (AvgIpc) is 2.63. The molecule has 3 rings (SSSR count). The summed E-state index contributed by atoms with van der Waals surface area (Å²) in [7, 11) is 0. The summed E-state index contributed by atoms with van der Waals surface area (Å²) < 4.78 is 14.0. The van der Waals surface area contributed by atoms with E-state index in [-0.39, 0.29) is 5.82 Å². The molecule has 1 spiro atoms. The van der Waals surface area contributed by atoms with Crippen LogP contribution in [-0.4, -0.2) is 13.1 Å². The molecule has 0 N–H and O–H groups in total. The van der Waals surface area contributed by atoms with Crippen molar-refractivity contribution in [1.29, 1.82) is 5.26 Å². The highest BCUT2D eigenvalue weighted by Gasteiger charge is 2.43. The number of hydrogen-bond donors (Lipinski definition) is 0. The summed E-state index contributed by atoms with van der Waals surface area (Å²) in [5.41, 5.74) is 1.50. The minimum absolute atomic E-state index is 0.262. The molecule has 2 fully saturated rings. The van der Waals surface area contributed by atoms with Crippen molar-refractivity contribution in [2.75, 3.05) is 18.0 Å². The molecule has 0 unspecified atom stereocenters. The molecule has 1 heterocycles. The number of benzene rings is 1. The molecule has 1 aliphatic heterocycles. The summed E-state index contributed by atoms with van der Waals surface area (Å²) in [4.78, 5) is 2.13. The molecule has 0 amide bonds. The maximum absolute atomic E-state index is 14.0. The molecule has 1 aliphatic carbocycles. The number of anilines is 1. The molecular formula is C16H19FN2. The lowest BCUT2D eigenvalue weighted by Gasteiger charge is -2.51. The Hall–Kier alpha value is -1.56. The van der Waals surface area contributed by atoms with Crippen LogP contribution in [0.5, 0.6) is 0 Å². The van der Waals surface area contributed by atoms with Crippen molar-refractivity contribution in [2.24, 2.45) is 5.41 Å². The summed E-state index contributed by atoms with van der Waals surface area (Å²) >= 11 is 0. The Labute approximate surface area is 113 Å². The summed E-state index contributed by atoms with van der Waals surface area (Å²) in [5.74, 6) is -0.262. The van der Waals surface area contributed by atoms with E-state index in [9.17, 15) is 4.39 Å². The molecule has 0 atom stereocenters. The lowest BCUT2D eigenvalue weighted by molar-refractivity contribution is 0.179. The zero-order valence-electron chi connectivity index (χ0n) is 11.2. The first-order valence-electron chi connectivity index (χ1n) is 7.17. The first-order chi connectivity index (χ1) is 9.22. The van der Waals surface area contributed by atoms with E-state index in [1.54, 1.807) is 12.1 Å². The molecule has 1 aromatic rings. The number of nitrogens with zero attached hydrogens (tertiary/aromatic N) is 2. The van der Waals surface area contributed by atoms with Crippen LogP contribution in [0, 0.1) is 22.6 Å². The fourth-order valence-electron chi connectivity index (χ4n) is 3.56. The summed E-state index contributed by atoms with van der Waals surface area (Å²) in [6.07, 6.45) is 7.94. The SMILES string of the molecule is N#Cc1ccc(N2CC3(CCCCCC3)C2)c(F)c1. The second-order valence-electron chi connectivity index (χ2n) is 6.05. The van der Waals surface area contributed by atoms with Gasteiger partial charge in [0.15, 0.2) is 0 Å². The van der Waals surface area contributed by atoms with Crippen molar-refractivity contribution >= 4 is 5.69 Å². The third-order valence-electron chi connectivity index (χ3n) is 4.63. The van der Waals surface area contributed by atoms with E-state index in [1.165, 1.54) is 44.6 Å². The zero-order valence-corrected chi connectivity index (χ0v) is 11.2. The second kappa shape index (κ2) is 4.85. The molecule has 19 heavy (non-hydrogen) atoms. The molecule has 1 saturated heterocycles. The number of hydrogen-bond acceptors (Lipinski definition) is 2. The van der Waals surface area contributed by atoms with Gasteiger partial charge in [-0.15, -0.1) is 0 Å². The van der Waals surface area contributed by atoms with Crippen LogP contribution in [0.2, 0.25) is 0 Å². The maximum atomic E-state index is 14.0. The van der Waals surface area contributed by atoms with Crippen molar-refractivity contribution in [1.82, 2.24) is 0 Å². The van der Waals surface area contributed by atoms with Gasteiger partial charge in [0.05, 0.1) is 17.3 Å². The Morgan fingerprint density at radius 2 is 1.79 bits per heavy atom. The van der Waals surface area contributed by atoms with Gasteiger partial charge in [-0.05, 0) is 31.0 Å². The van der Waals surface area contributed by atoms with E-state index in [0.29, 0.717) is 16.7 Å². The van der Waals surface area contributed by atoms with Gasteiger partial charge in [-0.25, -0.2) is 4.39 Å². The third kappa shape index (κ3) is 2.32. The van der Waals surface area contributed by atoms with Gasteiger partial charge < -0.3 is 4.90 Å². The second-order valence-corrected chi connectivity index (χ2v) is 6.05. The minimum Gasteiger partial charge on any atom is -0.368 e. The van der Waals surface area contributed by atoms with Gasteiger partial charge >= 0.3 is 0 Å². The first-order valence-corrected chi connectivity index (χ1v) is 7.17. The normalized spacial score (nSPS) is 21.6. The fraction of sp³-hybridized carbons (Fsp3) is 0.562.